The molecule has 3 N–H and O–H groups in total. The van der Waals surface area contributed by atoms with E-state index in [4.69, 9.17) is 5.73 Å². The Morgan fingerprint density at radius 2 is 2.17 bits per heavy atom. The van der Waals surface area contributed by atoms with Crippen LogP contribution in [-0.2, 0) is 9.59 Å². The lowest BCUT2D eigenvalue weighted by Crippen LogP contribution is -2.58. The van der Waals surface area contributed by atoms with Gasteiger partial charge in [-0.25, -0.2) is 0 Å². The molecule has 1 unspecified atom stereocenters. The van der Waals surface area contributed by atoms with Crippen molar-refractivity contribution in [2.75, 3.05) is 17.2 Å². The van der Waals surface area contributed by atoms with Gasteiger partial charge in [-0.15, -0.1) is 0 Å². The Hall–Kier alpha value is -2.04. The predicted octanol–water partition coefficient (Wildman–Crippen LogP) is 0.819. The van der Waals surface area contributed by atoms with Crippen LogP contribution in [0.1, 0.15) is 18.9 Å². The summed E-state index contributed by atoms with van der Waals surface area (Å²) in [4.78, 5) is 25.1. The number of imide groups is 1. The Labute approximate surface area is 106 Å². The van der Waals surface area contributed by atoms with Crippen LogP contribution in [0.3, 0.4) is 0 Å². The lowest BCUT2D eigenvalue weighted by atomic mass is 10.0. The molecule has 1 aromatic carbocycles. The van der Waals surface area contributed by atoms with Crippen LogP contribution in [-0.4, -0.2) is 24.4 Å². The first-order valence-electron chi connectivity index (χ1n) is 6.00. The summed E-state index contributed by atoms with van der Waals surface area (Å²) in [7, 11) is 0. The molecule has 1 aliphatic rings. The van der Waals surface area contributed by atoms with Crippen LogP contribution in [0, 0.1) is 6.92 Å². The zero-order valence-corrected chi connectivity index (χ0v) is 10.6. The summed E-state index contributed by atoms with van der Waals surface area (Å²) in [5, 5.41) is 2.36. The molecule has 5 heteroatoms. The number of amides is 2. The summed E-state index contributed by atoms with van der Waals surface area (Å²) in [6.07, 6.45) is 0.646. The highest BCUT2D eigenvalue weighted by Crippen LogP contribution is 2.28. The van der Waals surface area contributed by atoms with E-state index in [2.05, 4.69) is 5.32 Å². The van der Waals surface area contributed by atoms with Crippen molar-refractivity contribution in [1.82, 2.24) is 5.32 Å². The molecule has 18 heavy (non-hydrogen) atoms. The first-order chi connectivity index (χ1) is 8.54. The molecule has 1 saturated heterocycles. The number of hydrogen-bond donors (Lipinski definition) is 2. The maximum atomic E-state index is 11.8. The van der Waals surface area contributed by atoms with E-state index >= 15 is 0 Å². The van der Waals surface area contributed by atoms with Gasteiger partial charge >= 0.3 is 0 Å². The molecule has 1 atom stereocenters. The fraction of sp³-hybridized carbons (Fsp3) is 0.385. The molecular formula is C13H17N3O2. The molecule has 96 valence electrons. The molecule has 1 aliphatic heterocycles. The third-order valence-corrected chi connectivity index (χ3v) is 3.30. The minimum Gasteiger partial charge on any atom is -0.398 e. The quantitative estimate of drug-likeness (QED) is 0.599. The van der Waals surface area contributed by atoms with Crippen molar-refractivity contribution >= 4 is 23.2 Å². The van der Waals surface area contributed by atoms with Crippen molar-refractivity contribution in [2.24, 2.45) is 0 Å². The number of nitrogens with one attached hydrogen (secondary N) is 1. The second-order valence-electron chi connectivity index (χ2n) is 4.46. The summed E-state index contributed by atoms with van der Waals surface area (Å²) in [6.45, 7) is 4.01. The van der Waals surface area contributed by atoms with Gasteiger partial charge in [0.15, 0.2) is 0 Å². The van der Waals surface area contributed by atoms with Gasteiger partial charge in [0.05, 0.1) is 6.54 Å². The number of piperazine rings is 1. The van der Waals surface area contributed by atoms with Crippen molar-refractivity contribution in [1.29, 1.82) is 0 Å². The number of rotatable bonds is 2. The Morgan fingerprint density at radius 3 is 2.83 bits per heavy atom. The second-order valence-corrected chi connectivity index (χ2v) is 4.46. The molecule has 0 spiro atoms. The van der Waals surface area contributed by atoms with E-state index in [9.17, 15) is 9.59 Å². The van der Waals surface area contributed by atoms with E-state index in [1.165, 1.54) is 0 Å². The van der Waals surface area contributed by atoms with Crippen molar-refractivity contribution < 1.29 is 9.59 Å². The second kappa shape index (κ2) is 4.68. The Balaban J connectivity index is 2.43. The third-order valence-electron chi connectivity index (χ3n) is 3.30. The molecule has 0 saturated carbocycles. The molecule has 5 nitrogen and oxygen atoms in total. The van der Waals surface area contributed by atoms with Crippen LogP contribution >= 0.6 is 0 Å². The van der Waals surface area contributed by atoms with Gasteiger partial charge < -0.3 is 10.6 Å². The van der Waals surface area contributed by atoms with Crippen LogP contribution in [0.15, 0.2) is 18.2 Å². The van der Waals surface area contributed by atoms with Crippen molar-refractivity contribution in [3.63, 3.8) is 0 Å². The SMILES string of the molecule is CCC1C(=O)NC(=O)CN1c1cccc(N)c1C. The Morgan fingerprint density at radius 1 is 1.44 bits per heavy atom. The molecule has 0 aromatic heterocycles. The normalized spacial score (nSPS) is 19.9. The Kier molecular flexibility index (Phi) is 3.23. The molecule has 0 aliphatic carbocycles. The van der Waals surface area contributed by atoms with E-state index in [1.807, 2.05) is 36.9 Å². The Bertz CT molecular complexity index is 499. The number of nitrogen functional groups attached to an aromatic ring is 1. The summed E-state index contributed by atoms with van der Waals surface area (Å²) in [5.74, 6) is -0.512. The predicted molar refractivity (Wildman–Crippen MR) is 70.2 cm³/mol. The zero-order chi connectivity index (χ0) is 13.3. The number of anilines is 2. The average molecular weight is 247 g/mol. The van der Waals surface area contributed by atoms with Crippen LogP contribution in [0.4, 0.5) is 11.4 Å². The largest absolute Gasteiger partial charge is 0.398 e. The minimum atomic E-state index is -0.316. The lowest BCUT2D eigenvalue weighted by molar-refractivity contribution is -0.132. The molecule has 0 bridgehead atoms. The number of carbonyl (C=O) groups excluding carboxylic acids is 2. The maximum absolute atomic E-state index is 11.8. The summed E-state index contributed by atoms with van der Waals surface area (Å²) >= 11 is 0. The molecule has 0 radical (unpaired) electrons. The number of benzene rings is 1. The van der Waals surface area contributed by atoms with Gasteiger partial charge in [-0.05, 0) is 31.0 Å². The van der Waals surface area contributed by atoms with E-state index in [0.29, 0.717) is 12.1 Å². The van der Waals surface area contributed by atoms with E-state index in [-0.39, 0.29) is 24.4 Å². The van der Waals surface area contributed by atoms with E-state index in [1.54, 1.807) is 0 Å². The van der Waals surface area contributed by atoms with Gasteiger partial charge in [-0.3, -0.25) is 14.9 Å². The summed E-state index contributed by atoms with van der Waals surface area (Å²) in [6, 6.07) is 5.22. The zero-order valence-electron chi connectivity index (χ0n) is 10.6. The van der Waals surface area contributed by atoms with Gasteiger partial charge in [0.2, 0.25) is 11.8 Å². The standard InChI is InChI=1S/C13H17N3O2/c1-3-10-13(18)15-12(17)7-16(10)11-6-4-5-9(14)8(11)2/h4-6,10H,3,7,14H2,1-2H3,(H,15,17,18). The van der Waals surface area contributed by atoms with E-state index < -0.39 is 0 Å². The molecule has 1 fully saturated rings. The smallest absolute Gasteiger partial charge is 0.249 e. The van der Waals surface area contributed by atoms with Crippen LogP contribution in [0.5, 0.6) is 0 Å². The van der Waals surface area contributed by atoms with Gasteiger partial charge in [-0.2, -0.15) is 0 Å². The molecule has 2 amide bonds. The minimum absolute atomic E-state index is 0.189. The lowest BCUT2D eigenvalue weighted by Gasteiger charge is -2.36. The van der Waals surface area contributed by atoms with Gasteiger partial charge in [0.1, 0.15) is 6.04 Å². The van der Waals surface area contributed by atoms with Crippen molar-refractivity contribution in [2.45, 2.75) is 26.3 Å². The van der Waals surface area contributed by atoms with Gasteiger partial charge in [0.25, 0.3) is 0 Å². The van der Waals surface area contributed by atoms with Crippen LogP contribution in [0.2, 0.25) is 0 Å². The first-order valence-corrected chi connectivity index (χ1v) is 6.00. The highest BCUT2D eigenvalue weighted by Gasteiger charge is 2.33. The van der Waals surface area contributed by atoms with Crippen molar-refractivity contribution in [3.05, 3.63) is 23.8 Å². The fourth-order valence-electron chi connectivity index (χ4n) is 2.28. The van der Waals surface area contributed by atoms with Crippen LogP contribution < -0.4 is 16.0 Å². The number of carbonyl (C=O) groups is 2. The molecular weight excluding hydrogens is 230 g/mol. The summed E-state index contributed by atoms with van der Waals surface area (Å²) < 4.78 is 0. The van der Waals surface area contributed by atoms with E-state index in [0.717, 1.165) is 11.3 Å². The summed E-state index contributed by atoms with van der Waals surface area (Å²) in [5.41, 5.74) is 8.29. The molecule has 2 rings (SSSR count). The average Bonchev–Trinajstić information content (AvgIpc) is 2.32. The van der Waals surface area contributed by atoms with Gasteiger partial charge in [-0.1, -0.05) is 13.0 Å². The number of nitrogens with two attached hydrogens (primary N) is 1. The van der Waals surface area contributed by atoms with Crippen LogP contribution in [0.25, 0.3) is 0 Å². The number of nitrogens with zero attached hydrogens (tertiary/aromatic N) is 1. The van der Waals surface area contributed by atoms with Crippen molar-refractivity contribution in [3.8, 4) is 0 Å². The number of hydrogen-bond acceptors (Lipinski definition) is 4. The highest BCUT2D eigenvalue weighted by molar-refractivity contribution is 6.04. The monoisotopic (exact) mass is 247 g/mol. The highest BCUT2D eigenvalue weighted by atomic mass is 16.2. The molecule has 1 aromatic rings. The first kappa shape index (κ1) is 12.4. The maximum Gasteiger partial charge on any atom is 0.249 e. The fourth-order valence-corrected chi connectivity index (χ4v) is 2.28. The third kappa shape index (κ3) is 2.03. The van der Waals surface area contributed by atoms with Gasteiger partial charge in [0, 0.05) is 11.4 Å². The molecule has 1 heterocycles. The topological polar surface area (TPSA) is 75.4 Å².